The maximum Gasteiger partial charge on any atom is 0.246 e. The zero-order chi connectivity index (χ0) is 10.8. The van der Waals surface area contributed by atoms with Gasteiger partial charge in [0.1, 0.15) is 6.61 Å². The SMILES string of the molecule is C#CC(CCC)NC(=O)COCCC. The molecule has 0 aliphatic heterocycles. The summed E-state index contributed by atoms with van der Waals surface area (Å²) in [5.74, 6) is 2.41. The van der Waals surface area contributed by atoms with Crippen molar-refractivity contribution < 1.29 is 9.53 Å². The van der Waals surface area contributed by atoms with E-state index < -0.39 is 0 Å². The molecule has 3 heteroatoms. The molecule has 0 aliphatic carbocycles. The Morgan fingerprint density at radius 3 is 2.71 bits per heavy atom. The Labute approximate surface area is 86.2 Å². The van der Waals surface area contributed by atoms with Crippen molar-refractivity contribution in [1.29, 1.82) is 0 Å². The Balaban J connectivity index is 3.63. The molecule has 1 amide bonds. The van der Waals surface area contributed by atoms with Crippen LogP contribution in [0, 0.1) is 12.3 Å². The van der Waals surface area contributed by atoms with Gasteiger partial charge in [-0.3, -0.25) is 4.79 Å². The summed E-state index contributed by atoms with van der Waals surface area (Å²) in [5, 5.41) is 2.73. The molecule has 0 aromatic heterocycles. The van der Waals surface area contributed by atoms with Gasteiger partial charge in [-0.2, -0.15) is 0 Å². The normalized spacial score (nSPS) is 11.8. The minimum atomic E-state index is -0.155. The molecule has 0 rings (SSSR count). The topological polar surface area (TPSA) is 38.3 Å². The van der Waals surface area contributed by atoms with Crippen molar-refractivity contribution in [3.63, 3.8) is 0 Å². The van der Waals surface area contributed by atoms with Gasteiger partial charge in [-0.25, -0.2) is 0 Å². The first-order valence-corrected chi connectivity index (χ1v) is 5.07. The molecule has 0 saturated heterocycles. The highest BCUT2D eigenvalue weighted by Gasteiger charge is 2.07. The average Bonchev–Trinajstić information content (AvgIpc) is 2.17. The maximum atomic E-state index is 11.2. The molecule has 0 radical (unpaired) electrons. The van der Waals surface area contributed by atoms with Gasteiger partial charge in [0, 0.05) is 6.61 Å². The Kier molecular flexibility index (Phi) is 7.96. The summed E-state index contributed by atoms with van der Waals surface area (Å²) < 4.78 is 5.09. The molecule has 0 aromatic rings. The van der Waals surface area contributed by atoms with Crippen molar-refractivity contribution in [1.82, 2.24) is 5.32 Å². The molecule has 3 nitrogen and oxygen atoms in total. The fourth-order valence-electron chi connectivity index (χ4n) is 1.03. The van der Waals surface area contributed by atoms with Gasteiger partial charge < -0.3 is 10.1 Å². The van der Waals surface area contributed by atoms with Crippen LogP contribution in [0.4, 0.5) is 0 Å². The lowest BCUT2D eigenvalue weighted by Gasteiger charge is -2.11. The highest BCUT2D eigenvalue weighted by Crippen LogP contribution is 1.94. The molecule has 1 N–H and O–H groups in total. The summed E-state index contributed by atoms with van der Waals surface area (Å²) >= 11 is 0. The van der Waals surface area contributed by atoms with E-state index in [2.05, 4.69) is 11.2 Å². The van der Waals surface area contributed by atoms with Gasteiger partial charge in [0.15, 0.2) is 0 Å². The van der Waals surface area contributed by atoms with Crippen molar-refractivity contribution in [2.45, 2.75) is 39.2 Å². The summed E-state index contributed by atoms with van der Waals surface area (Å²) in [7, 11) is 0. The third kappa shape index (κ3) is 6.50. The molecule has 80 valence electrons. The van der Waals surface area contributed by atoms with Crippen LogP contribution in [-0.4, -0.2) is 25.2 Å². The largest absolute Gasteiger partial charge is 0.372 e. The Hall–Kier alpha value is -1.01. The van der Waals surface area contributed by atoms with Gasteiger partial charge in [-0.1, -0.05) is 26.2 Å². The zero-order valence-corrected chi connectivity index (χ0v) is 9.01. The molecule has 0 heterocycles. The molecule has 14 heavy (non-hydrogen) atoms. The smallest absolute Gasteiger partial charge is 0.246 e. The van der Waals surface area contributed by atoms with E-state index in [-0.39, 0.29) is 18.6 Å². The third-order valence-corrected chi connectivity index (χ3v) is 1.70. The summed E-state index contributed by atoms with van der Waals surface area (Å²) in [6, 6.07) is -0.155. The van der Waals surface area contributed by atoms with Crippen LogP contribution in [0.15, 0.2) is 0 Å². The highest BCUT2D eigenvalue weighted by atomic mass is 16.5. The van der Waals surface area contributed by atoms with Crippen molar-refractivity contribution in [2.75, 3.05) is 13.2 Å². The molecule has 1 unspecified atom stereocenters. The van der Waals surface area contributed by atoms with E-state index in [4.69, 9.17) is 11.2 Å². The predicted octanol–water partition coefficient (Wildman–Crippen LogP) is 1.33. The number of hydrogen-bond acceptors (Lipinski definition) is 2. The lowest BCUT2D eigenvalue weighted by Crippen LogP contribution is -2.36. The molecule has 0 spiro atoms. The second-order valence-electron chi connectivity index (χ2n) is 3.13. The van der Waals surface area contributed by atoms with Crippen LogP contribution >= 0.6 is 0 Å². The van der Waals surface area contributed by atoms with Crippen molar-refractivity contribution in [3.8, 4) is 12.3 Å². The Bertz CT molecular complexity index is 196. The number of carbonyl (C=O) groups is 1. The third-order valence-electron chi connectivity index (χ3n) is 1.70. The molecular weight excluding hydrogens is 178 g/mol. The van der Waals surface area contributed by atoms with Crippen LogP contribution in [0.2, 0.25) is 0 Å². The molecular formula is C11H19NO2. The number of carbonyl (C=O) groups excluding carboxylic acids is 1. The van der Waals surface area contributed by atoms with Crippen LogP contribution in [-0.2, 0) is 9.53 Å². The lowest BCUT2D eigenvalue weighted by molar-refractivity contribution is -0.126. The van der Waals surface area contributed by atoms with Gasteiger partial charge in [-0.15, -0.1) is 6.42 Å². The Morgan fingerprint density at radius 1 is 1.50 bits per heavy atom. The molecule has 0 aliphatic rings. The molecule has 0 fully saturated rings. The van der Waals surface area contributed by atoms with Gasteiger partial charge in [0.25, 0.3) is 0 Å². The summed E-state index contributed by atoms with van der Waals surface area (Å²) in [6.07, 6.45) is 7.95. The number of rotatable bonds is 7. The fourth-order valence-corrected chi connectivity index (χ4v) is 1.03. The Morgan fingerprint density at radius 2 is 2.21 bits per heavy atom. The second-order valence-corrected chi connectivity index (χ2v) is 3.13. The first kappa shape index (κ1) is 13.0. The minimum absolute atomic E-state index is 0.107. The lowest BCUT2D eigenvalue weighted by atomic mass is 10.2. The van der Waals surface area contributed by atoms with E-state index in [1.165, 1.54) is 0 Å². The number of ether oxygens (including phenoxy) is 1. The van der Waals surface area contributed by atoms with Crippen LogP contribution in [0.5, 0.6) is 0 Å². The highest BCUT2D eigenvalue weighted by molar-refractivity contribution is 5.77. The van der Waals surface area contributed by atoms with Gasteiger partial charge in [0.05, 0.1) is 6.04 Å². The van der Waals surface area contributed by atoms with Crippen molar-refractivity contribution >= 4 is 5.91 Å². The van der Waals surface area contributed by atoms with Crippen LogP contribution < -0.4 is 5.32 Å². The van der Waals surface area contributed by atoms with Crippen molar-refractivity contribution in [2.24, 2.45) is 0 Å². The first-order valence-electron chi connectivity index (χ1n) is 5.07. The van der Waals surface area contributed by atoms with E-state index in [9.17, 15) is 4.79 Å². The summed E-state index contributed by atoms with van der Waals surface area (Å²) in [4.78, 5) is 11.2. The minimum Gasteiger partial charge on any atom is -0.372 e. The standard InChI is InChI=1S/C11H19NO2/c1-4-7-10(6-3)12-11(13)9-14-8-5-2/h3,10H,4-5,7-9H2,1-2H3,(H,12,13). The van der Waals surface area contributed by atoms with E-state index in [1.807, 2.05) is 13.8 Å². The van der Waals surface area contributed by atoms with Crippen LogP contribution in [0.3, 0.4) is 0 Å². The van der Waals surface area contributed by atoms with Gasteiger partial charge in [0.2, 0.25) is 5.91 Å². The molecule has 0 bridgehead atoms. The molecule has 0 saturated carbocycles. The van der Waals surface area contributed by atoms with E-state index in [0.717, 1.165) is 19.3 Å². The van der Waals surface area contributed by atoms with Gasteiger partial charge in [-0.05, 0) is 12.8 Å². The second kappa shape index (κ2) is 8.58. The van der Waals surface area contributed by atoms with E-state index in [1.54, 1.807) is 0 Å². The number of terminal acetylenes is 1. The zero-order valence-electron chi connectivity index (χ0n) is 9.01. The summed E-state index contributed by atoms with van der Waals surface area (Å²) in [5.41, 5.74) is 0. The van der Waals surface area contributed by atoms with Crippen LogP contribution in [0.25, 0.3) is 0 Å². The quantitative estimate of drug-likeness (QED) is 0.494. The predicted molar refractivity (Wildman–Crippen MR) is 56.8 cm³/mol. The van der Waals surface area contributed by atoms with E-state index in [0.29, 0.717) is 6.61 Å². The van der Waals surface area contributed by atoms with E-state index >= 15 is 0 Å². The average molecular weight is 197 g/mol. The summed E-state index contributed by atoms with van der Waals surface area (Å²) in [6.45, 7) is 4.75. The first-order chi connectivity index (χ1) is 6.74. The number of hydrogen-bond donors (Lipinski definition) is 1. The van der Waals surface area contributed by atoms with Crippen molar-refractivity contribution in [3.05, 3.63) is 0 Å². The molecule has 1 atom stereocenters. The van der Waals surface area contributed by atoms with Gasteiger partial charge >= 0.3 is 0 Å². The number of nitrogens with one attached hydrogen (secondary N) is 1. The number of amides is 1. The molecule has 0 aromatic carbocycles. The monoisotopic (exact) mass is 197 g/mol. The maximum absolute atomic E-state index is 11.2. The van der Waals surface area contributed by atoms with Crippen LogP contribution in [0.1, 0.15) is 33.1 Å². The fraction of sp³-hybridized carbons (Fsp3) is 0.727.